The van der Waals surface area contributed by atoms with Crippen molar-refractivity contribution in [2.75, 3.05) is 14.1 Å². The second-order valence-corrected chi connectivity index (χ2v) is 4.14. The summed E-state index contributed by atoms with van der Waals surface area (Å²) in [5, 5.41) is 0. The SMILES string of the molecule is CCC#CC1CCC(N(C)C)CC1. The van der Waals surface area contributed by atoms with Crippen molar-refractivity contribution in [1.29, 1.82) is 0 Å². The van der Waals surface area contributed by atoms with Crippen LogP contribution in [0.2, 0.25) is 0 Å². The van der Waals surface area contributed by atoms with Gasteiger partial charge >= 0.3 is 0 Å². The van der Waals surface area contributed by atoms with Crippen molar-refractivity contribution in [2.24, 2.45) is 5.92 Å². The van der Waals surface area contributed by atoms with Gasteiger partial charge in [-0.15, -0.1) is 5.92 Å². The topological polar surface area (TPSA) is 3.24 Å². The third-order valence-electron chi connectivity index (χ3n) is 2.91. The van der Waals surface area contributed by atoms with E-state index >= 15 is 0 Å². The molecule has 1 aliphatic carbocycles. The van der Waals surface area contributed by atoms with Crippen LogP contribution >= 0.6 is 0 Å². The highest BCUT2D eigenvalue weighted by Crippen LogP contribution is 2.25. The van der Waals surface area contributed by atoms with E-state index in [2.05, 4.69) is 37.8 Å². The largest absolute Gasteiger partial charge is 0.306 e. The fraction of sp³-hybridized carbons (Fsp3) is 0.833. The lowest BCUT2D eigenvalue weighted by Gasteiger charge is -2.30. The van der Waals surface area contributed by atoms with E-state index in [1.807, 2.05) is 0 Å². The van der Waals surface area contributed by atoms with E-state index in [0.717, 1.165) is 12.5 Å². The van der Waals surface area contributed by atoms with Crippen LogP contribution < -0.4 is 0 Å². The Morgan fingerprint density at radius 2 is 1.77 bits per heavy atom. The van der Waals surface area contributed by atoms with E-state index in [1.54, 1.807) is 0 Å². The zero-order chi connectivity index (χ0) is 9.68. The molecule has 0 bridgehead atoms. The molecule has 0 aliphatic heterocycles. The molecule has 1 nitrogen and oxygen atoms in total. The highest BCUT2D eigenvalue weighted by molar-refractivity contribution is 5.04. The molecule has 0 heterocycles. The van der Waals surface area contributed by atoms with Gasteiger partial charge in [0.25, 0.3) is 0 Å². The van der Waals surface area contributed by atoms with Crippen LogP contribution in [-0.2, 0) is 0 Å². The third kappa shape index (κ3) is 3.40. The molecule has 0 atom stereocenters. The van der Waals surface area contributed by atoms with Crippen molar-refractivity contribution in [3.8, 4) is 11.8 Å². The fourth-order valence-corrected chi connectivity index (χ4v) is 1.98. The minimum Gasteiger partial charge on any atom is -0.306 e. The van der Waals surface area contributed by atoms with Crippen LogP contribution in [0.25, 0.3) is 0 Å². The molecule has 0 aromatic carbocycles. The van der Waals surface area contributed by atoms with Crippen LogP contribution in [-0.4, -0.2) is 25.0 Å². The number of rotatable bonds is 1. The number of hydrogen-bond acceptors (Lipinski definition) is 1. The predicted octanol–water partition coefficient (Wildman–Crippen LogP) is 2.52. The Bertz CT molecular complexity index is 189. The molecule has 0 aromatic heterocycles. The number of nitrogens with zero attached hydrogens (tertiary/aromatic N) is 1. The quantitative estimate of drug-likeness (QED) is 0.559. The lowest BCUT2D eigenvalue weighted by Crippen LogP contribution is -2.31. The molecule has 1 rings (SSSR count). The smallest absolute Gasteiger partial charge is 0.0204 e. The zero-order valence-corrected chi connectivity index (χ0v) is 9.14. The fourth-order valence-electron chi connectivity index (χ4n) is 1.98. The molecule has 1 aliphatic rings. The summed E-state index contributed by atoms with van der Waals surface area (Å²) in [7, 11) is 4.37. The average Bonchev–Trinajstić information content (AvgIpc) is 2.15. The van der Waals surface area contributed by atoms with Gasteiger partial charge in [0.2, 0.25) is 0 Å². The Hall–Kier alpha value is -0.480. The molecule has 0 aromatic rings. The first-order chi connectivity index (χ1) is 6.24. The summed E-state index contributed by atoms with van der Waals surface area (Å²) in [6.07, 6.45) is 6.27. The lowest BCUT2D eigenvalue weighted by molar-refractivity contribution is 0.212. The first kappa shape index (κ1) is 10.6. The first-order valence-electron chi connectivity index (χ1n) is 5.38. The summed E-state index contributed by atoms with van der Waals surface area (Å²) in [6, 6.07) is 0.805. The molecule has 1 heteroatoms. The Morgan fingerprint density at radius 3 is 2.23 bits per heavy atom. The third-order valence-corrected chi connectivity index (χ3v) is 2.91. The van der Waals surface area contributed by atoms with Crippen molar-refractivity contribution in [3.05, 3.63) is 0 Å². The average molecular weight is 179 g/mol. The van der Waals surface area contributed by atoms with Gasteiger partial charge in [-0.05, 0) is 39.8 Å². The molecule has 0 saturated heterocycles. The van der Waals surface area contributed by atoms with E-state index < -0.39 is 0 Å². The maximum absolute atomic E-state index is 3.36. The molecule has 0 radical (unpaired) electrons. The molecule has 1 fully saturated rings. The minimum atomic E-state index is 0.691. The van der Waals surface area contributed by atoms with Crippen LogP contribution in [0, 0.1) is 17.8 Å². The van der Waals surface area contributed by atoms with Gasteiger partial charge in [0.05, 0.1) is 0 Å². The van der Waals surface area contributed by atoms with E-state index in [-0.39, 0.29) is 0 Å². The van der Waals surface area contributed by atoms with Crippen molar-refractivity contribution >= 4 is 0 Å². The van der Waals surface area contributed by atoms with E-state index in [4.69, 9.17) is 0 Å². The highest BCUT2D eigenvalue weighted by atomic mass is 15.1. The Morgan fingerprint density at radius 1 is 1.15 bits per heavy atom. The lowest BCUT2D eigenvalue weighted by atomic mass is 9.86. The van der Waals surface area contributed by atoms with Crippen LogP contribution in [0.3, 0.4) is 0 Å². The molecule has 0 unspecified atom stereocenters. The summed E-state index contributed by atoms with van der Waals surface area (Å²) in [4.78, 5) is 2.35. The predicted molar refractivity (Wildman–Crippen MR) is 57.5 cm³/mol. The van der Waals surface area contributed by atoms with Gasteiger partial charge in [-0.1, -0.05) is 12.8 Å². The van der Waals surface area contributed by atoms with Crippen molar-refractivity contribution in [2.45, 2.75) is 45.1 Å². The van der Waals surface area contributed by atoms with Gasteiger partial charge in [-0.3, -0.25) is 0 Å². The van der Waals surface area contributed by atoms with E-state index in [1.165, 1.54) is 25.7 Å². The summed E-state index contributed by atoms with van der Waals surface area (Å²) in [5.74, 6) is 7.25. The van der Waals surface area contributed by atoms with Crippen molar-refractivity contribution in [1.82, 2.24) is 4.90 Å². The second kappa shape index (κ2) is 5.29. The Kier molecular flexibility index (Phi) is 4.32. The second-order valence-electron chi connectivity index (χ2n) is 4.14. The maximum Gasteiger partial charge on any atom is 0.0204 e. The normalized spacial score (nSPS) is 28.3. The Balaban J connectivity index is 2.30. The minimum absolute atomic E-state index is 0.691. The molecule has 0 N–H and O–H groups in total. The van der Waals surface area contributed by atoms with Crippen molar-refractivity contribution in [3.63, 3.8) is 0 Å². The van der Waals surface area contributed by atoms with Crippen LogP contribution in [0.15, 0.2) is 0 Å². The van der Waals surface area contributed by atoms with Crippen molar-refractivity contribution < 1.29 is 0 Å². The summed E-state index contributed by atoms with van der Waals surface area (Å²) in [6.45, 7) is 2.12. The van der Waals surface area contributed by atoms with Crippen LogP contribution in [0.4, 0.5) is 0 Å². The standard InChI is InChI=1S/C12H21N/c1-4-5-6-11-7-9-12(10-8-11)13(2)3/h11-12H,4,7-10H2,1-3H3. The molecular weight excluding hydrogens is 158 g/mol. The monoisotopic (exact) mass is 179 g/mol. The van der Waals surface area contributed by atoms with Gasteiger partial charge < -0.3 is 4.90 Å². The molecule has 0 spiro atoms. The maximum atomic E-state index is 3.36. The van der Waals surface area contributed by atoms with Gasteiger partial charge in [0.15, 0.2) is 0 Å². The van der Waals surface area contributed by atoms with Gasteiger partial charge in [0, 0.05) is 18.4 Å². The highest BCUT2D eigenvalue weighted by Gasteiger charge is 2.20. The summed E-state index contributed by atoms with van der Waals surface area (Å²) < 4.78 is 0. The molecular formula is C12H21N. The molecule has 0 amide bonds. The molecule has 1 saturated carbocycles. The molecule has 13 heavy (non-hydrogen) atoms. The van der Waals surface area contributed by atoms with E-state index in [0.29, 0.717) is 5.92 Å². The first-order valence-corrected chi connectivity index (χ1v) is 5.38. The summed E-state index contributed by atoms with van der Waals surface area (Å²) in [5.41, 5.74) is 0. The molecule has 74 valence electrons. The van der Waals surface area contributed by atoms with Crippen LogP contribution in [0.5, 0.6) is 0 Å². The Labute approximate surface area is 82.5 Å². The van der Waals surface area contributed by atoms with Crippen LogP contribution in [0.1, 0.15) is 39.0 Å². The number of hydrogen-bond donors (Lipinski definition) is 0. The van der Waals surface area contributed by atoms with Gasteiger partial charge in [0.1, 0.15) is 0 Å². The van der Waals surface area contributed by atoms with Gasteiger partial charge in [-0.2, -0.15) is 0 Å². The van der Waals surface area contributed by atoms with Gasteiger partial charge in [-0.25, -0.2) is 0 Å². The van der Waals surface area contributed by atoms with E-state index in [9.17, 15) is 0 Å². The summed E-state index contributed by atoms with van der Waals surface area (Å²) >= 11 is 0. The zero-order valence-electron chi connectivity index (χ0n) is 9.14.